The van der Waals surface area contributed by atoms with Gasteiger partial charge in [-0.05, 0) is 36.5 Å². The summed E-state index contributed by atoms with van der Waals surface area (Å²) in [4.78, 5) is 10.5. The summed E-state index contributed by atoms with van der Waals surface area (Å²) in [7, 11) is 0. The van der Waals surface area contributed by atoms with Gasteiger partial charge in [0.1, 0.15) is 6.33 Å². The first-order chi connectivity index (χ1) is 9.86. The second-order valence-electron chi connectivity index (χ2n) is 5.09. The zero-order chi connectivity index (χ0) is 13.8. The van der Waals surface area contributed by atoms with Crippen LogP contribution in [0.4, 0.5) is 5.69 Å². The van der Waals surface area contributed by atoms with Gasteiger partial charge < -0.3 is 4.90 Å². The molecule has 0 saturated carbocycles. The first-order valence-corrected chi connectivity index (χ1v) is 6.87. The van der Waals surface area contributed by atoms with Crippen LogP contribution in [-0.2, 0) is 0 Å². The van der Waals surface area contributed by atoms with Crippen LogP contribution in [0.3, 0.4) is 0 Å². The maximum absolute atomic E-state index is 8.83. The molecule has 0 N–H and O–H groups in total. The first kappa shape index (κ1) is 12.6. The van der Waals surface area contributed by atoms with Crippen molar-refractivity contribution in [2.24, 2.45) is 0 Å². The van der Waals surface area contributed by atoms with E-state index in [0.29, 0.717) is 5.92 Å². The van der Waals surface area contributed by atoms with Crippen molar-refractivity contribution in [2.45, 2.75) is 18.8 Å². The minimum atomic E-state index is 0.587. The summed E-state index contributed by atoms with van der Waals surface area (Å²) in [6.07, 6.45) is 7.55. The highest BCUT2D eigenvalue weighted by atomic mass is 15.1. The van der Waals surface area contributed by atoms with Crippen LogP contribution < -0.4 is 4.90 Å². The van der Waals surface area contributed by atoms with Crippen molar-refractivity contribution in [3.63, 3.8) is 0 Å². The standard InChI is InChI=1S/C16H16N4/c17-9-13-1-3-14(4-2-13)15-5-7-20(8-6-15)16-10-18-12-19-11-16/h1-4,10-12,15H,5-8H2. The number of nitrogens with zero attached hydrogens (tertiary/aromatic N) is 4. The smallest absolute Gasteiger partial charge is 0.115 e. The van der Waals surface area contributed by atoms with E-state index >= 15 is 0 Å². The molecule has 0 atom stereocenters. The van der Waals surface area contributed by atoms with Crippen molar-refractivity contribution in [3.8, 4) is 6.07 Å². The molecule has 0 aliphatic carbocycles. The number of hydrogen-bond donors (Lipinski definition) is 0. The molecule has 0 spiro atoms. The van der Waals surface area contributed by atoms with Crippen molar-refractivity contribution >= 4 is 5.69 Å². The molecule has 0 unspecified atom stereocenters. The molecule has 2 heterocycles. The molecular weight excluding hydrogens is 248 g/mol. The molecule has 4 nitrogen and oxygen atoms in total. The lowest BCUT2D eigenvalue weighted by Gasteiger charge is -2.33. The van der Waals surface area contributed by atoms with Gasteiger partial charge in [0.2, 0.25) is 0 Å². The fourth-order valence-electron chi connectivity index (χ4n) is 2.76. The van der Waals surface area contributed by atoms with Gasteiger partial charge in [-0.2, -0.15) is 5.26 Å². The number of nitriles is 1. The molecule has 1 aliphatic rings. The lowest BCUT2D eigenvalue weighted by atomic mass is 9.89. The molecule has 1 saturated heterocycles. The molecule has 20 heavy (non-hydrogen) atoms. The van der Waals surface area contributed by atoms with Gasteiger partial charge in [-0.15, -0.1) is 0 Å². The van der Waals surface area contributed by atoms with Crippen molar-refractivity contribution in [1.29, 1.82) is 5.26 Å². The predicted octanol–water partition coefficient (Wildman–Crippen LogP) is 2.73. The average Bonchev–Trinajstić information content (AvgIpc) is 2.56. The molecule has 1 fully saturated rings. The molecule has 0 amide bonds. The second kappa shape index (κ2) is 5.70. The number of hydrogen-bond acceptors (Lipinski definition) is 4. The van der Waals surface area contributed by atoms with Gasteiger partial charge in [0, 0.05) is 13.1 Å². The average molecular weight is 264 g/mol. The summed E-state index contributed by atoms with van der Waals surface area (Å²) >= 11 is 0. The predicted molar refractivity (Wildman–Crippen MR) is 77.4 cm³/mol. The Bertz CT molecular complexity index is 593. The third-order valence-corrected chi connectivity index (χ3v) is 3.92. The van der Waals surface area contributed by atoms with Gasteiger partial charge in [-0.3, -0.25) is 0 Å². The fourth-order valence-corrected chi connectivity index (χ4v) is 2.76. The highest BCUT2D eigenvalue weighted by Crippen LogP contribution is 2.30. The van der Waals surface area contributed by atoms with Crippen LogP contribution in [0.1, 0.15) is 29.9 Å². The Balaban J connectivity index is 1.65. The zero-order valence-electron chi connectivity index (χ0n) is 11.2. The Labute approximate surface area is 118 Å². The SMILES string of the molecule is N#Cc1ccc(C2CCN(c3cncnc3)CC2)cc1. The number of anilines is 1. The topological polar surface area (TPSA) is 52.8 Å². The Morgan fingerprint density at radius 1 is 1.05 bits per heavy atom. The quantitative estimate of drug-likeness (QED) is 0.837. The monoisotopic (exact) mass is 264 g/mol. The maximum atomic E-state index is 8.83. The largest absolute Gasteiger partial charge is 0.369 e. The number of aromatic nitrogens is 2. The van der Waals surface area contributed by atoms with Gasteiger partial charge in [0.15, 0.2) is 0 Å². The number of piperidine rings is 1. The van der Waals surface area contributed by atoms with Gasteiger partial charge >= 0.3 is 0 Å². The summed E-state index contributed by atoms with van der Waals surface area (Å²) in [5.74, 6) is 0.587. The Kier molecular flexibility index (Phi) is 3.60. The number of rotatable bonds is 2. The zero-order valence-corrected chi connectivity index (χ0v) is 11.2. The summed E-state index contributed by atoms with van der Waals surface area (Å²) in [5.41, 5.74) is 3.17. The minimum Gasteiger partial charge on any atom is -0.369 e. The third kappa shape index (κ3) is 2.62. The fraction of sp³-hybridized carbons (Fsp3) is 0.312. The molecule has 100 valence electrons. The summed E-state index contributed by atoms with van der Waals surface area (Å²) in [6.45, 7) is 2.05. The summed E-state index contributed by atoms with van der Waals surface area (Å²) < 4.78 is 0. The minimum absolute atomic E-state index is 0.587. The second-order valence-corrected chi connectivity index (χ2v) is 5.09. The van der Waals surface area contributed by atoms with E-state index in [1.165, 1.54) is 5.56 Å². The maximum Gasteiger partial charge on any atom is 0.115 e. The highest BCUT2D eigenvalue weighted by molar-refractivity contribution is 5.42. The van der Waals surface area contributed by atoms with Crippen LogP contribution >= 0.6 is 0 Å². The molecular formula is C16H16N4. The molecule has 0 bridgehead atoms. The van der Waals surface area contributed by atoms with Crippen LogP contribution in [0.25, 0.3) is 0 Å². The van der Waals surface area contributed by atoms with E-state index in [4.69, 9.17) is 5.26 Å². The van der Waals surface area contributed by atoms with Crippen LogP contribution in [0, 0.1) is 11.3 Å². The molecule has 2 aromatic rings. The molecule has 1 aromatic heterocycles. The number of benzene rings is 1. The molecule has 1 aromatic carbocycles. The molecule has 3 rings (SSSR count). The Morgan fingerprint density at radius 3 is 2.30 bits per heavy atom. The summed E-state index contributed by atoms with van der Waals surface area (Å²) in [5, 5.41) is 8.83. The van der Waals surface area contributed by atoms with Crippen molar-refractivity contribution < 1.29 is 0 Å². The molecule has 0 radical (unpaired) electrons. The van der Waals surface area contributed by atoms with Crippen LogP contribution in [0.5, 0.6) is 0 Å². The van der Waals surface area contributed by atoms with Gasteiger partial charge in [0.05, 0.1) is 29.7 Å². The van der Waals surface area contributed by atoms with Crippen molar-refractivity contribution in [1.82, 2.24) is 9.97 Å². The first-order valence-electron chi connectivity index (χ1n) is 6.87. The summed E-state index contributed by atoms with van der Waals surface area (Å²) in [6, 6.07) is 10.2. The van der Waals surface area contributed by atoms with E-state index in [2.05, 4.69) is 33.1 Å². The van der Waals surface area contributed by atoms with Gasteiger partial charge in [0.25, 0.3) is 0 Å². The molecule has 1 aliphatic heterocycles. The lowest BCUT2D eigenvalue weighted by Crippen LogP contribution is -2.32. The Hall–Kier alpha value is -2.41. The van der Waals surface area contributed by atoms with E-state index in [9.17, 15) is 0 Å². The normalized spacial score (nSPS) is 15.8. The highest BCUT2D eigenvalue weighted by Gasteiger charge is 2.20. The van der Waals surface area contributed by atoms with Crippen molar-refractivity contribution in [2.75, 3.05) is 18.0 Å². The van der Waals surface area contributed by atoms with E-state index in [-0.39, 0.29) is 0 Å². The van der Waals surface area contributed by atoms with Crippen LogP contribution in [-0.4, -0.2) is 23.1 Å². The van der Waals surface area contributed by atoms with E-state index < -0.39 is 0 Å². The Morgan fingerprint density at radius 2 is 1.70 bits per heavy atom. The van der Waals surface area contributed by atoms with E-state index in [1.54, 1.807) is 6.33 Å². The van der Waals surface area contributed by atoms with E-state index in [1.807, 2.05) is 24.5 Å². The van der Waals surface area contributed by atoms with Gasteiger partial charge in [-0.1, -0.05) is 12.1 Å². The van der Waals surface area contributed by atoms with Crippen LogP contribution in [0.2, 0.25) is 0 Å². The third-order valence-electron chi connectivity index (χ3n) is 3.92. The van der Waals surface area contributed by atoms with Gasteiger partial charge in [-0.25, -0.2) is 9.97 Å². The van der Waals surface area contributed by atoms with Crippen molar-refractivity contribution in [3.05, 3.63) is 54.1 Å². The molecule has 4 heteroatoms. The van der Waals surface area contributed by atoms with Crippen LogP contribution in [0.15, 0.2) is 43.0 Å². The lowest BCUT2D eigenvalue weighted by molar-refractivity contribution is 0.505. The van der Waals surface area contributed by atoms with E-state index in [0.717, 1.165) is 37.2 Å².